The van der Waals surface area contributed by atoms with Crippen molar-refractivity contribution in [3.63, 3.8) is 0 Å². The minimum absolute atomic E-state index is 0.0237. The number of carbonyl (C=O) groups excluding carboxylic acids is 2. The van der Waals surface area contributed by atoms with Crippen LogP contribution in [0.2, 0.25) is 0 Å². The van der Waals surface area contributed by atoms with E-state index in [1.165, 1.54) is 6.92 Å². The number of aliphatic hydroxyl groups is 1. The van der Waals surface area contributed by atoms with Crippen molar-refractivity contribution < 1.29 is 29.4 Å². The third kappa shape index (κ3) is 6.11. The van der Waals surface area contributed by atoms with Crippen LogP contribution in [0.5, 0.6) is 0 Å². The number of hydrogen-bond donors (Lipinski definition) is 2. The first kappa shape index (κ1) is 27.1. The molecule has 1 fully saturated rings. The molecule has 4 atom stereocenters. The molecule has 0 heterocycles. The van der Waals surface area contributed by atoms with Gasteiger partial charge in [-0.3, -0.25) is 9.59 Å². The molecular weight excluding hydrogens is 482 g/mol. The maximum absolute atomic E-state index is 13.6. The van der Waals surface area contributed by atoms with E-state index in [1.54, 1.807) is 0 Å². The minimum atomic E-state index is -1.64. The molecule has 3 aromatic rings. The van der Waals surface area contributed by atoms with Crippen LogP contribution >= 0.6 is 0 Å². The molecule has 0 saturated heterocycles. The van der Waals surface area contributed by atoms with Crippen molar-refractivity contribution in [2.24, 2.45) is 17.0 Å². The lowest BCUT2D eigenvalue weighted by atomic mass is 9.61. The number of ether oxygens (including phenoxy) is 2. The van der Waals surface area contributed by atoms with Crippen molar-refractivity contribution >= 4 is 17.7 Å². The highest BCUT2D eigenvalue weighted by molar-refractivity contribution is 6.05. The molecule has 0 aromatic heterocycles. The fourth-order valence-electron chi connectivity index (χ4n) is 5.15. The quantitative estimate of drug-likeness (QED) is 0.247. The summed E-state index contributed by atoms with van der Waals surface area (Å²) in [6, 6.07) is 26.0. The number of hydrogen-bond acceptors (Lipinski definition) is 7. The van der Waals surface area contributed by atoms with Crippen molar-refractivity contribution in [1.29, 1.82) is 0 Å². The number of nitrogens with zero attached hydrogens (tertiary/aromatic N) is 1. The summed E-state index contributed by atoms with van der Waals surface area (Å²) in [7, 11) is 0. The van der Waals surface area contributed by atoms with Gasteiger partial charge in [0.15, 0.2) is 0 Å². The zero-order valence-corrected chi connectivity index (χ0v) is 21.6. The largest absolute Gasteiger partial charge is 0.461 e. The van der Waals surface area contributed by atoms with E-state index >= 15 is 0 Å². The van der Waals surface area contributed by atoms with Gasteiger partial charge in [-0.25, -0.2) is 0 Å². The Morgan fingerprint density at radius 3 is 1.87 bits per heavy atom. The Kier molecular flexibility index (Phi) is 8.59. The summed E-state index contributed by atoms with van der Waals surface area (Å²) < 4.78 is 11.3. The summed E-state index contributed by atoms with van der Waals surface area (Å²) in [4.78, 5) is 27.2. The van der Waals surface area contributed by atoms with Gasteiger partial charge < -0.3 is 19.8 Å². The summed E-state index contributed by atoms with van der Waals surface area (Å²) in [5, 5.41) is 24.8. The lowest BCUT2D eigenvalue weighted by molar-refractivity contribution is -0.165. The Balaban J connectivity index is 1.70. The van der Waals surface area contributed by atoms with E-state index in [9.17, 15) is 19.9 Å². The average molecular weight is 516 g/mol. The highest BCUT2D eigenvalue weighted by Gasteiger charge is 2.56. The van der Waals surface area contributed by atoms with E-state index in [4.69, 9.17) is 9.47 Å². The SMILES string of the molecule is CCc1ccc([C@@H]2[C@H](C(=O)OCc3ccccc3)/C(=N/O)C[C@](C)(O)[C@@H]2C(=O)OCc2ccccc2)cc1. The molecule has 3 aromatic carbocycles. The minimum Gasteiger partial charge on any atom is -0.461 e. The van der Waals surface area contributed by atoms with Crippen molar-refractivity contribution in [3.8, 4) is 0 Å². The Bertz CT molecular complexity index is 1250. The lowest BCUT2D eigenvalue weighted by Gasteiger charge is -2.44. The first-order chi connectivity index (χ1) is 18.3. The van der Waals surface area contributed by atoms with E-state index in [1.807, 2.05) is 91.9 Å². The fraction of sp³-hybridized carbons (Fsp3) is 0.323. The molecule has 0 bridgehead atoms. The second-order valence-electron chi connectivity index (χ2n) is 9.89. The molecule has 0 unspecified atom stereocenters. The highest BCUT2D eigenvalue weighted by Crippen LogP contribution is 2.47. The van der Waals surface area contributed by atoms with E-state index < -0.39 is 35.3 Å². The Hall–Kier alpha value is -3.97. The van der Waals surface area contributed by atoms with Gasteiger partial charge in [-0.1, -0.05) is 97.0 Å². The van der Waals surface area contributed by atoms with E-state index in [-0.39, 0.29) is 25.3 Å². The monoisotopic (exact) mass is 515 g/mol. The topological polar surface area (TPSA) is 105 Å². The Morgan fingerprint density at radius 1 is 0.842 bits per heavy atom. The molecule has 1 aliphatic carbocycles. The van der Waals surface area contributed by atoms with Gasteiger partial charge >= 0.3 is 11.9 Å². The molecular formula is C31H33NO6. The van der Waals surface area contributed by atoms with Crippen LogP contribution < -0.4 is 0 Å². The average Bonchev–Trinajstić information content (AvgIpc) is 2.94. The van der Waals surface area contributed by atoms with Crippen molar-refractivity contribution in [2.45, 2.75) is 51.4 Å². The van der Waals surface area contributed by atoms with Gasteiger partial charge in [-0.15, -0.1) is 0 Å². The number of aryl methyl sites for hydroxylation is 1. The first-order valence-electron chi connectivity index (χ1n) is 12.8. The van der Waals surface area contributed by atoms with Crippen LogP contribution in [-0.4, -0.2) is 33.6 Å². The molecule has 0 aliphatic heterocycles. The second kappa shape index (κ2) is 12.0. The summed E-state index contributed by atoms with van der Waals surface area (Å²) in [6.07, 6.45) is 0.625. The van der Waals surface area contributed by atoms with Crippen molar-refractivity contribution in [3.05, 3.63) is 107 Å². The molecule has 0 amide bonds. The summed E-state index contributed by atoms with van der Waals surface area (Å²) in [5.41, 5.74) is 1.75. The first-order valence-corrected chi connectivity index (χ1v) is 12.8. The molecule has 0 radical (unpaired) electrons. The van der Waals surface area contributed by atoms with Crippen LogP contribution in [0.25, 0.3) is 0 Å². The van der Waals surface area contributed by atoms with Gasteiger partial charge in [0.1, 0.15) is 19.1 Å². The lowest BCUT2D eigenvalue weighted by Crippen LogP contribution is -2.55. The van der Waals surface area contributed by atoms with Gasteiger partial charge in [0.2, 0.25) is 0 Å². The van der Waals surface area contributed by atoms with Gasteiger partial charge in [-0.2, -0.15) is 0 Å². The normalized spacial score (nSPS) is 24.1. The van der Waals surface area contributed by atoms with E-state index in [0.717, 1.165) is 23.1 Å². The van der Waals surface area contributed by atoms with Crippen molar-refractivity contribution in [1.82, 2.24) is 0 Å². The van der Waals surface area contributed by atoms with Crippen LogP contribution in [0, 0.1) is 11.8 Å². The van der Waals surface area contributed by atoms with E-state index in [2.05, 4.69) is 5.16 Å². The molecule has 1 saturated carbocycles. The molecule has 1 aliphatic rings. The third-order valence-electron chi connectivity index (χ3n) is 7.14. The number of benzene rings is 3. The summed E-state index contributed by atoms with van der Waals surface area (Å²) >= 11 is 0. The zero-order chi connectivity index (χ0) is 27.1. The molecule has 0 spiro atoms. The molecule has 7 nitrogen and oxygen atoms in total. The number of esters is 2. The summed E-state index contributed by atoms with van der Waals surface area (Å²) in [5.74, 6) is -4.35. The standard InChI is InChI=1S/C31H33NO6/c1-3-21-14-16-24(17-15-21)26-27(29(33)37-19-22-10-6-4-7-11-22)25(32-36)18-31(2,35)28(26)30(34)38-20-23-12-8-5-9-13-23/h4-17,26-28,35-36H,3,18-20H2,1-2H3/b32-25+/t26-,27-,28+,31+/m1/s1. The third-order valence-corrected chi connectivity index (χ3v) is 7.14. The molecule has 198 valence electrons. The predicted molar refractivity (Wildman–Crippen MR) is 142 cm³/mol. The molecule has 4 rings (SSSR count). The van der Waals surface area contributed by atoms with Crippen LogP contribution in [0.15, 0.2) is 90.1 Å². The van der Waals surface area contributed by atoms with Gasteiger partial charge in [0, 0.05) is 12.3 Å². The van der Waals surface area contributed by atoms with E-state index in [0.29, 0.717) is 5.56 Å². The number of oxime groups is 1. The van der Waals surface area contributed by atoms with Crippen LogP contribution in [0.3, 0.4) is 0 Å². The molecule has 38 heavy (non-hydrogen) atoms. The highest BCUT2D eigenvalue weighted by atomic mass is 16.5. The Morgan fingerprint density at radius 2 is 1.37 bits per heavy atom. The zero-order valence-electron chi connectivity index (χ0n) is 21.6. The fourth-order valence-corrected chi connectivity index (χ4v) is 5.15. The maximum atomic E-state index is 13.6. The van der Waals surface area contributed by atoms with Gasteiger partial charge in [0.05, 0.1) is 17.2 Å². The van der Waals surface area contributed by atoms with Gasteiger partial charge in [0.25, 0.3) is 0 Å². The Labute approximate surface area is 222 Å². The van der Waals surface area contributed by atoms with Crippen molar-refractivity contribution in [2.75, 3.05) is 0 Å². The smallest absolute Gasteiger partial charge is 0.315 e. The van der Waals surface area contributed by atoms with Crippen LogP contribution in [-0.2, 0) is 38.7 Å². The summed E-state index contributed by atoms with van der Waals surface area (Å²) in [6.45, 7) is 3.59. The van der Waals surface area contributed by atoms with Crippen LogP contribution in [0.1, 0.15) is 48.4 Å². The number of rotatable bonds is 8. The molecule has 2 N–H and O–H groups in total. The number of carbonyl (C=O) groups is 2. The maximum Gasteiger partial charge on any atom is 0.315 e. The second-order valence-corrected chi connectivity index (χ2v) is 9.89. The molecule has 7 heteroatoms. The predicted octanol–water partition coefficient (Wildman–Crippen LogP) is 5.04. The van der Waals surface area contributed by atoms with Gasteiger partial charge in [-0.05, 0) is 35.6 Å². The van der Waals surface area contributed by atoms with Crippen LogP contribution in [0.4, 0.5) is 0 Å².